The van der Waals surface area contributed by atoms with Gasteiger partial charge in [0.05, 0.1) is 16.6 Å². The van der Waals surface area contributed by atoms with Crippen molar-refractivity contribution in [2.24, 2.45) is 0 Å². The van der Waals surface area contributed by atoms with Crippen molar-refractivity contribution in [1.29, 1.82) is 0 Å². The molecule has 0 unspecified atom stereocenters. The highest BCUT2D eigenvalue weighted by atomic mass is 19.1. The first kappa shape index (κ1) is 17.9. The summed E-state index contributed by atoms with van der Waals surface area (Å²) in [7, 11) is 0. The van der Waals surface area contributed by atoms with Gasteiger partial charge in [0, 0.05) is 13.1 Å². The lowest BCUT2D eigenvalue weighted by Gasteiger charge is -2.08. The molecule has 0 radical (unpaired) electrons. The number of hydrogen-bond acceptors (Lipinski definition) is 3. The van der Waals surface area contributed by atoms with E-state index in [4.69, 9.17) is 0 Å². The Labute approximate surface area is 160 Å². The second-order valence-corrected chi connectivity index (χ2v) is 6.65. The largest absolute Gasteiger partial charge is 0.352 e. The molecule has 4 aromatic rings. The fourth-order valence-corrected chi connectivity index (χ4v) is 3.35. The predicted octanol–water partition coefficient (Wildman–Crippen LogP) is 3.15. The molecule has 0 saturated heterocycles. The molecule has 2 heterocycles. The van der Waals surface area contributed by atoms with Crippen LogP contribution in [0.15, 0.2) is 53.3 Å². The molecule has 0 spiro atoms. The van der Waals surface area contributed by atoms with Gasteiger partial charge in [-0.3, -0.25) is 9.59 Å². The van der Waals surface area contributed by atoms with Gasteiger partial charge in [0.2, 0.25) is 0 Å². The average molecular weight is 378 g/mol. The van der Waals surface area contributed by atoms with Crippen LogP contribution in [0.5, 0.6) is 0 Å². The van der Waals surface area contributed by atoms with Gasteiger partial charge in [0.15, 0.2) is 0 Å². The van der Waals surface area contributed by atoms with E-state index in [-0.39, 0.29) is 5.56 Å². The number of imidazole rings is 1. The molecule has 0 bridgehead atoms. The van der Waals surface area contributed by atoms with Crippen molar-refractivity contribution < 1.29 is 9.18 Å². The van der Waals surface area contributed by atoms with Gasteiger partial charge < -0.3 is 14.9 Å². The van der Waals surface area contributed by atoms with E-state index < -0.39 is 17.3 Å². The summed E-state index contributed by atoms with van der Waals surface area (Å²) in [4.78, 5) is 31.6. The van der Waals surface area contributed by atoms with Crippen molar-refractivity contribution >= 4 is 27.8 Å². The molecule has 142 valence electrons. The number of benzene rings is 2. The third-order valence-corrected chi connectivity index (χ3v) is 4.74. The van der Waals surface area contributed by atoms with E-state index in [1.54, 1.807) is 0 Å². The molecule has 0 fully saturated rings. The molecule has 0 atom stereocenters. The fourth-order valence-electron chi connectivity index (χ4n) is 3.35. The second kappa shape index (κ2) is 7.26. The van der Waals surface area contributed by atoms with Gasteiger partial charge in [-0.25, -0.2) is 9.37 Å². The maximum atomic E-state index is 13.3. The minimum atomic E-state index is -0.535. The summed E-state index contributed by atoms with van der Waals surface area (Å²) in [5, 5.41) is 3.38. The summed E-state index contributed by atoms with van der Waals surface area (Å²) in [6.07, 6.45) is 0.698. The zero-order valence-electron chi connectivity index (χ0n) is 15.3. The summed E-state index contributed by atoms with van der Waals surface area (Å²) in [6.45, 7) is 3.09. The maximum Gasteiger partial charge on any atom is 0.261 e. The van der Waals surface area contributed by atoms with Crippen LogP contribution in [0.1, 0.15) is 22.6 Å². The minimum absolute atomic E-state index is 0.0170. The number of aryl methyl sites for hydroxylation is 2. The van der Waals surface area contributed by atoms with E-state index in [2.05, 4.69) is 19.9 Å². The number of nitrogens with zero attached hydrogens (tertiary/aromatic N) is 2. The predicted molar refractivity (Wildman–Crippen MR) is 106 cm³/mol. The van der Waals surface area contributed by atoms with Crippen molar-refractivity contribution in [3.63, 3.8) is 0 Å². The topological polar surface area (TPSA) is 79.8 Å². The van der Waals surface area contributed by atoms with E-state index >= 15 is 0 Å². The lowest BCUT2D eigenvalue weighted by atomic mass is 10.1. The van der Waals surface area contributed by atoms with Crippen LogP contribution in [-0.4, -0.2) is 27.0 Å². The molecule has 0 aliphatic rings. The van der Waals surface area contributed by atoms with E-state index in [1.807, 2.05) is 31.2 Å². The minimum Gasteiger partial charge on any atom is -0.352 e. The lowest BCUT2D eigenvalue weighted by molar-refractivity contribution is 0.0951. The zero-order chi connectivity index (χ0) is 19.7. The smallest absolute Gasteiger partial charge is 0.261 e. The summed E-state index contributed by atoms with van der Waals surface area (Å²) in [6, 6.07) is 13.5. The monoisotopic (exact) mass is 378 g/mol. The highest BCUT2D eigenvalue weighted by Crippen LogP contribution is 2.16. The van der Waals surface area contributed by atoms with Crippen molar-refractivity contribution in [2.45, 2.75) is 19.9 Å². The number of carbonyl (C=O) groups is 1. The normalized spacial score (nSPS) is 11.2. The van der Waals surface area contributed by atoms with Crippen LogP contribution in [0.25, 0.3) is 21.9 Å². The molecule has 4 rings (SSSR count). The van der Waals surface area contributed by atoms with Crippen LogP contribution in [-0.2, 0) is 6.54 Å². The number of hydrogen-bond donors (Lipinski definition) is 2. The summed E-state index contributed by atoms with van der Waals surface area (Å²) in [5.41, 5.74) is 1.85. The van der Waals surface area contributed by atoms with Gasteiger partial charge in [-0.1, -0.05) is 12.1 Å². The highest BCUT2D eigenvalue weighted by molar-refractivity contribution is 5.97. The Morgan fingerprint density at radius 3 is 2.89 bits per heavy atom. The van der Waals surface area contributed by atoms with Crippen molar-refractivity contribution in [3.05, 3.63) is 76.1 Å². The average Bonchev–Trinajstić information content (AvgIpc) is 2.99. The molecule has 2 aromatic carbocycles. The number of aromatic nitrogens is 3. The van der Waals surface area contributed by atoms with Crippen LogP contribution in [0, 0.1) is 12.7 Å². The molecule has 2 aromatic heterocycles. The van der Waals surface area contributed by atoms with Crippen LogP contribution in [0.2, 0.25) is 0 Å². The Balaban J connectivity index is 1.43. The van der Waals surface area contributed by atoms with E-state index in [1.165, 1.54) is 24.3 Å². The van der Waals surface area contributed by atoms with Crippen LogP contribution < -0.4 is 10.9 Å². The highest BCUT2D eigenvalue weighted by Gasteiger charge is 2.12. The molecular weight excluding hydrogens is 359 g/mol. The Bertz CT molecular complexity index is 1240. The first-order chi connectivity index (χ1) is 13.5. The quantitative estimate of drug-likeness (QED) is 0.524. The van der Waals surface area contributed by atoms with Gasteiger partial charge in [0.1, 0.15) is 17.2 Å². The van der Waals surface area contributed by atoms with Crippen LogP contribution in [0.4, 0.5) is 4.39 Å². The number of pyridine rings is 1. The second-order valence-electron chi connectivity index (χ2n) is 6.65. The standard InChI is InChI=1S/C21H19FN4O2/c1-13-24-17-5-2-3-6-19(17)26(13)10-4-9-23-20(27)16-11-14-7-8-15(22)12-18(14)25-21(16)28/h2-3,5-8,11-12H,4,9-10H2,1H3,(H,23,27)(H,25,28). The van der Waals surface area contributed by atoms with Gasteiger partial charge in [-0.05, 0) is 55.1 Å². The molecule has 0 aliphatic heterocycles. The van der Waals surface area contributed by atoms with Gasteiger partial charge in [0.25, 0.3) is 11.5 Å². The molecule has 6 nitrogen and oxygen atoms in total. The lowest BCUT2D eigenvalue weighted by Crippen LogP contribution is -2.30. The van der Waals surface area contributed by atoms with Crippen LogP contribution >= 0.6 is 0 Å². The number of fused-ring (bicyclic) bond motifs is 2. The maximum absolute atomic E-state index is 13.3. The molecule has 0 aliphatic carbocycles. The number of rotatable bonds is 5. The first-order valence-electron chi connectivity index (χ1n) is 9.05. The molecule has 28 heavy (non-hydrogen) atoms. The third kappa shape index (κ3) is 3.38. The van der Waals surface area contributed by atoms with Crippen molar-refractivity contribution in [1.82, 2.24) is 19.9 Å². The Morgan fingerprint density at radius 1 is 1.21 bits per heavy atom. The van der Waals surface area contributed by atoms with Crippen LogP contribution in [0.3, 0.4) is 0 Å². The molecule has 1 amide bonds. The van der Waals surface area contributed by atoms with E-state index in [9.17, 15) is 14.0 Å². The molecule has 2 N–H and O–H groups in total. The number of para-hydroxylation sites is 2. The number of amides is 1. The number of halogens is 1. The number of carbonyl (C=O) groups excluding carboxylic acids is 1. The van der Waals surface area contributed by atoms with Gasteiger partial charge >= 0.3 is 0 Å². The first-order valence-corrected chi connectivity index (χ1v) is 9.05. The summed E-state index contributed by atoms with van der Waals surface area (Å²) in [5.74, 6) is 0.0353. The molecule has 0 saturated carbocycles. The molecule has 7 heteroatoms. The number of nitrogens with one attached hydrogen (secondary N) is 2. The van der Waals surface area contributed by atoms with Crippen molar-refractivity contribution in [3.8, 4) is 0 Å². The number of aromatic amines is 1. The third-order valence-electron chi connectivity index (χ3n) is 4.74. The van der Waals surface area contributed by atoms with Gasteiger partial charge in [-0.15, -0.1) is 0 Å². The fraction of sp³-hybridized carbons (Fsp3) is 0.190. The Morgan fingerprint density at radius 2 is 2.04 bits per heavy atom. The van der Waals surface area contributed by atoms with Crippen molar-refractivity contribution in [2.75, 3.05) is 6.54 Å². The Hall–Kier alpha value is -3.48. The molecular formula is C21H19FN4O2. The van der Waals surface area contributed by atoms with Gasteiger partial charge in [-0.2, -0.15) is 0 Å². The number of H-pyrrole nitrogens is 1. The summed E-state index contributed by atoms with van der Waals surface area (Å²) >= 11 is 0. The SMILES string of the molecule is Cc1nc2ccccc2n1CCCNC(=O)c1cc2ccc(F)cc2[nH]c1=O. The summed E-state index contributed by atoms with van der Waals surface area (Å²) < 4.78 is 15.4. The van der Waals surface area contributed by atoms with E-state index in [0.717, 1.165) is 16.9 Å². The van der Waals surface area contributed by atoms with E-state index in [0.29, 0.717) is 30.4 Å². The zero-order valence-corrected chi connectivity index (χ0v) is 15.3. The Kier molecular flexibility index (Phi) is 4.65.